The van der Waals surface area contributed by atoms with E-state index in [9.17, 15) is 4.79 Å². The maximum absolute atomic E-state index is 12.9. The Balaban J connectivity index is 2.00. The van der Waals surface area contributed by atoms with Gasteiger partial charge in [0.05, 0.1) is 7.11 Å². The van der Waals surface area contributed by atoms with E-state index in [4.69, 9.17) is 9.15 Å². The Morgan fingerprint density at radius 3 is 2.40 bits per heavy atom. The number of furan rings is 1. The molecular formula is C21H23NO3. The summed E-state index contributed by atoms with van der Waals surface area (Å²) in [6.07, 6.45) is 1.72. The van der Waals surface area contributed by atoms with Gasteiger partial charge in [-0.15, -0.1) is 0 Å². The molecule has 0 bridgehead atoms. The van der Waals surface area contributed by atoms with Gasteiger partial charge in [0.2, 0.25) is 0 Å². The van der Waals surface area contributed by atoms with E-state index in [0.717, 1.165) is 46.4 Å². The molecule has 4 nitrogen and oxygen atoms in total. The molecule has 1 amide bonds. The molecule has 0 aliphatic carbocycles. The van der Waals surface area contributed by atoms with Gasteiger partial charge in [-0.2, -0.15) is 0 Å². The van der Waals surface area contributed by atoms with Crippen molar-refractivity contribution < 1.29 is 13.9 Å². The van der Waals surface area contributed by atoms with Crippen molar-refractivity contribution in [2.75, 3.05) is 12.4 Å². The highest BCUT2D eigenvalue weighted by Gasteiger charge is 2.20. The lowest BCUT2D eigenvalue weighted by molar-refractivity contribution is 0.0997. The number of carbonyl (C=O) groups excluding carboxylic acids is 1. The first-order chi connectivity index (χ1) is 12.1. The van der Waals surface area contributed by atoms with E-state index < -0.39 is 0 Å². The van der Waals surface area contributed by atoms with Crippen LogP contribution in [0.5, 0.6) is 5.75 Å². The Hall–Kier alpha value is -2.75. The van der Waals surface area contributed by atoms with Gasteiger partial charge in [-0.05, 0) is 49.1 Å². The first kappa shape index (κ1) is 17.1. The second-order valence-electron chi connectivity index (χ2n) is 6.03. The van der Waals surface area contributed by atoms with Gasteiger partial charge in [0.25, 0.3) is 5.91 Å². The quantitative estimate of drug-likeness (QED) is 0.702. The summed E-state index contributed by atoms with van der Waals surface area (Å²) in [6, 6.07) is 11.7. The number of para-hydroxylation sites is 1. The second-order valence-corrected chi connectivity index (χ2v) is 6.03. The van der Waals surface area contributed by atoms with Gasteiger partial charge in [0, 0.05) is 16.6 Å². The first-order valence-corrected chi connectivity index (χ1v) is 8.58. The molecule has 0 aliphatic heterocycles. The van der Waals surface area contributed by atoms with Crippen LogP contribution >= 0.6 is 0 Å². The Bertz CT molecular complexity index is 902. The average molecular weight is 337 g/mol. The van der Waals surface area contributed by atoms with Crippen molar-refractivity contribution in [1.29, 1.82) is 0 Å². The minimum absolute atomic E-state index is 0.219. The molecule has 0 aliphatic rings. The van der Waals surface area contributed by atoms with Crippen LogP contribution in [0.1, 0.15) is 41.1 Å². The highest BCUT2D eigenvalue weighted by atomic mass is 16.5. The van der Waals surface area contributed by atoms with Crippen molar-refractivity contribution >= 4 is 22.6 Å². The van der Waals surface area contributed by atoms with E-state index in [0.29, 0.717) is 11.3 Å². The van der Waals surface area contributed by atoms with Gasteiger partial charge < -0.3 is 14.5 Å². The van der Waals surface area contributed by atoms with Crippen molar-refractivity contribution in [1.82, 2.24) is 0 Å². The summed E-state index contributed by atoms with van der Waals surface area (Å²) in [4.78, 5) is 12.9. The molecule has 0 fully saturated rings. The zero-order valence-electron chi connectivity index (χ0n) is 15.1. The maximum Gasteiger partial charge on any atom is 0.291 e. The van der Waals surface area contributed by atoms with Gasteiger partial charge in [-0.25, -0.2) is 0 Å². The number of fused-ring (bicyclic) bond motifs is 1. The minimum Gasteiger partial charge on any atom is -0.497 e. The predicted octanol–water partition coefficient (Wildman–Crippen LogP) is 5.13. The lowest BCUT2D eigenvalue weighted by atomic mass is 10.0. The summed E-state index contributed by atoms with van der Waals surface area (Å²) in [5.41, 5.74) is 4.66. The number of rotatable bonds is 5. The monoisotopic (exact) mass is 337 g/mol. The van der Waals surface area contributed by atoms with Crippen LogP contribution in [0.25, 0.3) is 11.0 Å². The maximum atomic E-state index is 12.9. The molecule has 3 aromatic rings. The molecule has 0 saturated carbocycles. The fourth-order valence-electron chi connectivity index (χ4n) is 3.12. The zero-order chi connectivity index (χ0) is 18.0. The van der Waals surface area contributed by atoms with Crippen LogP contribution in [0.15, 0.2) is 40.8 Å². The molecule has 4 heteroatoms. The number of aryl methyl sites for hydroxylation is 3. The summed E-state index contributed by atoms with van der Waals surface area (Å²) in [6.45, 7) is 6.07. The minimum atomic E-state index is -0.219. The van der Waals surface area contributed by atoms with Crippen LogP contribution in [-0.4, -0.2) is 13.0 Å². The number of hydrogen-bond acceptors (Lipinski definition) is 3. The molecule has 25 heavy (non-hydrogen) atoms. The number of methoxy groups -OCH3 is 1. The van der Waals surface area contributed by atoms with Gasteiger partial charge in [0.15, 0.2) is 5.76 Å². The van der Waals surface area contributed by atoms with Crippen molar-refractivity contribution in [3.8, 4) is 5.75 Å². The van der Waals surface area contributed by atoms with Gasteiger partial charge in [-0.3, -0.25) is 4.79 Å². The molecule has 130 valence electrons. The zero-order valence-corrected chi connectivity index (χ0v) is 15.1. The summed E-state index contributed by atoms with van der Waals surface area (Å²) in [7, 11) is 1.62. The molecule has 1 heterocycles. The van der Waals surface area contributed by atoms with Crippen LogP contribution in [-0.2, 0) is 12.8 Å². The Labute approximate surface area is 147 Å². The molecule has 0 saturated heterocycles. The molecule has 3 rings (SSSR count). The highest BCUT2D eigenvalue weighted by molar-refractivity contribution is 6.07. The molecule has 0 radical (unpaired) electrons. The number of anilines is 1. The van der Waals surface area contributed by atoms with E-state index in [1.54, 1.807) is 7.11 Å². The van der Waals surface area contributed by atoms with E-state index in [1.807, 2.05) is 43.3 Å². The van der Waals surface area contributed by atoms with Crippen LogP contribution in [0.3, 0.4) is 0 Å². The van der Waals surface area contributed by atoms with Crippen LogP contribution in [0.4, 0.5) is 5.69 Å². The largest absolute Gasteiger partial charge is 0.497 e. The summed E-state index contributed by atoms with van der Waals surface area (Å²) >= 11 is 0. The molecule has 0 spiro atoms. The topological polar surface area (TPSA) is 51.5 Å². The smallest absolute Gasteiger partial charge is 0.291 e. The fraction of sp³-hybridized carbons (Fsp3) is 0.286. The summed E-state index contributed by atoms with van der Waals surface area (Å²) in [5.74, 6) is 0.868. The molecule has 1 aromatic heterocycles. The first-order valence-electron chi connectivity index (χ1n) is 8.58. The Kier molecular flexibility index (Phi) is 4.79. The van der Waals surface area contributed by atoms with Gasteiger partial charge >= 0.3 is 0 Å². The van der Waals surface area contributed by atoms with Crippen molar-refractivity contribution in [2.24, 2.45) is 0 Å². The van der Waals surface area contributed by atoms with Crippen molar-refractivity contribution in [3.05, 3.63) is 58.8 Å². The highest BCUT2D eigenvalue weighted by Crippen LogP contribution is 2.30. The predicted molar refractivity (Wildman–Crippen MR) is 101 cm³/mol. The van der Waals surface area contributed by atoms with Gasteiger partial charge in [0.1, 0.15) is 11.3 Å². The molecule has 0 atom stereocenters. The summed E-state index contributed by atoms with van der Waals surface area (Å²) < 4.78 is 11.1. The van der Waals surface area contributed by atoms with E-state index >= 15 is 0 Å². The lowest BCUT2D eigenvalue weighted by Gasteiger charge is -2.13. The number of hydrogen-bond donors (Lipinski definition) is 1. The summed E-state index contributed by atoms with van der Waals surface area (Å²) in [5, 5.41) is 3.96. The SMILES string of the molecule is CCc1cccc(CC)c1NC(=O)c1oc2ccc(OC)cc2c1C. The number of benzene rings is 2. The van der Waals surface area contributed by atoms with Crippen LogP contribution in [0, 0.1) is 6.92 Å². The van der Waals surface area contributed by atoms with E-state index in [1.165, 1.54) is 0 Å². The number of nitrogens with one attached hydrogen (secondary N) is 1. The third-order valence-electron chi connectivity index (χ3n) is 4.59. The third kappa shape index (κ3) is 3.12. The fourth-order valence-corrected chi connectivity index (χ4v) is 3.12. The van der Waals surface area contributed by atoms with Crippen molar-refractivity contribution in [3.63, 3.8) is 0 Å². The van der Waals surface area contributed by atoms with E-state index in [-0.39, 0.29) is 5.91 Å². The van der Waals surface area contributed by atoms with Crippen LogP contribution < -0.4 is 10.1 Å². The third-order valence-corrected chi connectivity index (χ3v) is 4.59. The van der Waals surface area contributed by atoms with E-state index in [2.05, 4.69) is 19.2 Å². The van der Waals surface area contributed by atoms with Crippen molar-refractivity contribution in [2.45, 2.75) is 33.6 Å². The Morgan fingerprint density at radius 1 is 1.12 bits per heavy atom. The molecular weight excluding hydrogens is 314 g/mol. The van der Waals surface area contributed by atoms with Gasteiger partial charge in [-0.1, -0.05) is 32.0 Å². The normalized spacial score (nSPS) is 10.9. The molecule has 1 N–H and O–H groups in total. The second kappa shape index (κ2) is 7.01. The Morgan fingerprint density at radius 2 is 1.80 bits per heavy atom. The number of carbonyl (C=O) groups is 1. The average Bonchev–Trinajstić information content (AvgIpc) is 2.98. The standard InChI is InChI=1S/C21H23NO3/c1-5-14-8-7-9-15(6-2)19(14)22-21(23)20-13(3)17-12-16(24-4)10-11-18(17)25-20/h7-12H,5-6H2,1-4H3,(H,22,23). The molecule has 0 unspecified atom stereocenters. The van der Waals surface area contributed by atoms with Crippen LogP contribution in [0.2, 0.25) is 0 Å². The number of amides is 1. The molecule has 2 aromatic carbocycles. The number of ether oxygens (including phenoxy) is 1. The lowest BCUT2D eigenvalue weighted by Crippen LogP contribution is -2.15.